The fraction of sp³-hybridized carbons (Fsp3) is 0.846. The molecular weight excluding hydrogens is 260 g/mol. The molecule has 1 aliphatic heterocycles. The summed E-state index contributed by atoms with van der Waals surface area (Å²) < 4.78 is 0. The highest BCUT2D eigenvalue weighted by Gasteiger charge is 2.21. The second kappa shape index (κ2) is 8.30. The summed E-state index contributed by atoms with van der Waals surface area (Å²) in [5.41, 5.74) is 0. The number of hydrogen-bond acceptors (Lipinski definition) is 3. The highest BCUT2D eigenvalue weighted by atomic mass is 32.2. The third kappa shape index (κ3) is 5.30. The average Bonchev–Trinajstić information content (AvgIpc) is 2.42. The van der Waals surface area contributed by atoms with Gasteiger partial charge in [0.15, 0.2) is 5.96 Å². The summed E-state index contributed by atoms with van der Waals surface area (Å²) in [5.74, 6) is 2.04. The lowest BCUT2D eigenvalue weighted by Gasteiger charge is -2.34. The van der Waals surface area contributed by atoms with Crippen molar-refractivity contribution in [2.24, 2.45) is 4.99 Å². The molecule has 0 aromatic rings. The Hall–Kier alpha value is -0.910. The Bertz CT molecular complexity index is 320. The van der Waals surface area contributed by atoms with Crippen molar-refractivity contribution in [1.29, 1.82) is 0 Å². The topological polar surface area (TPSA) is 47.9 Å². The smallest absolute Gasteiger partial charge is 0.243 e. The molecule has 0 aromatic heterocycles. The number of amides is 1. The minimum atomic E-state index is 0.0360. The second-order valence-corrected chi connectivity index (χ2v) is 6.21. The lowest BCUT2D eigenvalue weighted by atomic mass is 10.3. The predicted octanol–water partition coefficient (Wildman–Crippen LogP) is 0.868. The number of nitrogens with zero attached hydrogens (tertiary/aromatic N) is 3. The maximum Gasteiger partial charge on any atom is 0.243 e. The standard InChI is InChI=1S/C13H26N4OS/c1-5-11-10-17(7-8-19-11)13(14-6-2)15-9-12(18)16(3)4/h11H,5-10H2,1-4H3,(H,14,15). The van der Waals surface area contributed by atoms with E-state index >= 15 is 0 Å². The van der Waals surface area contributed by atoms with Crippen LogP contribution in [0.25, 0.3) is 0 Å². The predicted molar refractivity (Wildman–Crippen MR) is 82.8 cm³/mol. The first-order valence-corrected chi connectivity index (χ1v) is 7.98. The molecule has 1 saturated heterocycles. The van der Waals surface area contributed by atoms with Gasteiger partial charge in [0.25, 0.3) is 0 Å². The number of aliphatic imine (C=N–C) groups is 1. The summed E-state index contributed by atoms with van der Waals surface area (Å²) in [7, 11) is 3.52. The van der Waals surface area contributed by atoms with Crippen LogP contribution in [-0.4, -0.2) is 72.9 Å². The molecule has 1 aliphatic rings. The normalized spacial score (nSPS) is 20.3. The van der Waals surface area contributed by atoms with Crippen LogP contribution in [0.3, 0.4) is 0 Å². The zero-order chi connectivity index (χ0) is 14.3. The van der Waals surface area contributed by atoms with Gasteiger partial charge >= 0.3 is 0 Å². The van der Waals surface area contributed by atoms with E-state index in [1.807, 2.05) is 11.8 Å². The van der Waals surface area contributed by atoms with Gasteiger partial charge in [-0.1, -0.05) is 6.92 Å². The largest absolute Gasteiger partial charge is 0.357 e. The van der Waals surface area contributed by atoms with E-state index in [0.29, 0.717) is 5.25 Å². The van der Waals surface area contributed by atoms with E-state index in [2.05, 4.69) is 29.1 Å². The van der Waals surface area contributed by atoms with Crippen molar-refractivity contribution in [2.75, 3.05) is 46.0 Å². The number of hydrogen-bond donors (Lipinski definition) is 1. The molecule has 0 spiro atoms. The molecule has 0 aliphatic carbocycles. The number of thioether (sulfide) groups is 1. The lowest BCUT2D eigenvalue weighted by Crippen LogP contribution is -2.48. The van der Waals surface area contributed by atoms with E-state index < -0.39 is 0 Å². The fourth-order valence-electron chi connectivity index (χ4n) is 1.87. The Balaban J connectivity index is 2.64. The number of rotatable bonds is 4. The first-order chi connectivity index (χ1) is 9.08. The average molecular weight is 286 g/mol. The van der Waals surface area contributed by atoms with Crippen molar-refractivity contribution in [3.63, 3.8) is 0 Å². The third-order valence-corrected chi connectivity index (χ3v) is 4.46. The molecule has 110 valence electrons. The molecule has 1 unspecified atom stereocenters. The fourth-order valence-corrected chi connectivity index (χ4v) is 3.05. The zero-order valence-corrected chi connectivity index (χ0v) is 13.3. The van der Waals surface area contributed by atoms with Crippen LogP contribution in [0.1, 0.15) is 20.3 Å². The van der Waals surface area contributed by atoms with Gasteiger partial charge in [0.1, 0.15) is 6.54 Å². The minimum Gasteiger partial charge on any atom is -0.357 e. The Kier molecular flexibility index (Phi) is 7.05. The molecule has 1 atom stereocenters. The number of likely N-dealkylation sites (N-methyl/N-ethyl adjacent to an activating group) is 1. The molecule has 0 saturated carbocycles. The van der Waals surface area contributed by atoms with E-state index in [9.17, 15) is 4.79 Å². The van der Waals surface area contributed by atoms with Crippen molar-refractivity contribution >= 4 is 23.6 Å². The van der Waals surface area contributed by atoms with Crippen molar-refractivity contribution < 1.29 is 4.79 Å². The maximum absolute atomic E-state index is 11.6. The Labute approximate surface area is 120 Å². The molecule has 1 fully saturated rings. The van der Waals surface area contributed by atoms with Gasteiger partial charge in [-0.25, -0.2) is 4.99 Å². The van der Waals surface area contributed by atoms with Crippen LogP contribution in [0, 0.1) is 0 Å². The maximum atomic E-state index is 11.6. The Morgan fingerprint density at radius 3 is 2.79 bits per heavy atom. The summed E-state index contributed by atoms with van der Waals surface area (Å²) in [4.78, 5) is 19.9. The van der Waals surface area contributed by atoms with Crippen LogP contribution < -0.4 is 5.32 Å². The monoisotopic (exact) mass is 286 g/mol. The second-order valence-electron chi connectivity index (χ2n) is 4.81. The molecule has 6 heteroatoms. The molecule has 1 N–H and O–H groups in total. The Morgan fingerprint density at radius 2 is 2.21 bits per heavy atom. The van der Waals surface area contributed by atoms with Crippen LogP contribution in [0.4, 0.5) is 0 Å². The summed E-state index contributed by atoms with van der Waals surface area (Å²) in [5, 5.41) is 3.96. The van der Waals surface area contributed by atoms with Crippen LogP contribution in [0.5, 0.6) is 0 Å². The van der Waals surface area contributed by atoms with Crippen LogP contribution >= 0.6 is 11.8 Å². The molecule has 5 nitrogen and oxygen atoms in total. The molecule has 0 bridgehead atoms. The Morgan fingerprint density at radius 1 is 1.47 bits per heavy atom. The summed E-state index contributed by atoms with van der Waals surface area (Å²) >= 11 is 2.03. The summed E-state index contributed by atoms with van der Waals surface area (Å²) in [6.45, 7) is 7.34. The highest BCUT2D eigenvalue weighted by molar-refractivity contribution is 8.00. The molecule has 1 rings (SSSR count). The molecule has 1 heterocycles. The number of carbonyl (C=O) groups is 1. The number of carbonyl (C=O) groups excluding carboxylic acids is 1. The van der Waals surface area contributed by atoms with Gasteiger partial charge in [-0.15, -0.1) is 0 Å². The molecular formula is C13H26N4OS. The third-order valence-electron chi connectivity index (χ3n) is 3.09. The van der Waals surface area contributed by atoms with Crippen molar-refractivity contribution in [1.82, 2.24) is 15.1 Å². The zero-order valence-electron chi connectivity index (χ0n) is 12.5. The van der Waals surface area contributed by atoms with Gasteiger partial charge in [0.05, 0.1) is 0 Å². The highest BCUT2D eigenvalue weighted by Crippen LogP contribution is 2.20. The van der Waals surface area contributed by atoms with Crippen LogP contribution in [0.15, 0.2) is 4.99 Å². The van der Waals surface area contributed by atoms with Gasteiger partial charge in [0.2, 0.25) is 5.91 Å². The number of guanidine groups is 1. The van der Waals surface area contributed by atoms with Crippen molar-refractivity contribution in [3.8, 4) is 0 Å². The van der Waals surface area contributed by atoms with Crippen LogP contribution in [-0.2, 0) is 4.79 Å². The van der Waals surface area contributed by atoms with Gasteiger partial charge in [-0.2, -0.15) is 11.8 Å². The first-order valence-electron chi connectivity index (χ1n) is 6.93. The van der Waals surface area contributed by atoms with E-state index in [1.165, 1.54) is 6.42 Å². The summed E-state index contributed by atoms with van der Waals surface area (Å²) in [6.07, 6.45) is 1.18. The quantitative estimate of drug-likeness (QED) is 0.615. The molecule has 1 amide bonds. The van der Waals surface area contributed by atoms with Gasteiger partial charge < -0.3 is 15.1 Å². The molecule has 19 heavy (non-hydrogen) atoms. The SMILES string of the molecule is CCNC(=NCC(=O)N(C)C)N1CCSC(CC)C1. The molecule has 0 aromatic carbocycles. The first kappa shape index (κ1) is 16.1. The van der Waals surface area contributed by atoms with E-state index in [1.54, 1.807) is 19.0 Å². The van der Waals surface area contributed by atoms with Crippen molar-refractivity contribution in [2.45, 2.75) is 25.5 Å². The number of nitrogens with one attached hydrogen (secondary N) is 1. The van der Waals surface area contributed by atoms with Gasteiger partial charge in [0, 0.05) is 44.7 Å². The van der Waals surface area contributed by atoms with Crippen molar-refractivity contribution in [3.05, 3.63) is 0 Å². The van der Waals surface area contributed by atoms with Gasteiger partial charge in [-0.3, -0.25) is 4.79 Å². The van der Waals surface area contributed by atoms with E-state index in [4.69, 9.17) is 0 Å². The summed E-state index contributed by atoms with van der Waals surface area (Å²) in [6, 6.07) is 0. The van der Waals surface area contributed by atoms with E-state index in [0.717, 1.165) is 31.3 Å². The minimum absolute atomic E-state index is 0.0360. The van der Waals surface area contributed by atoms with E-state index in [-0.39, 0.29) is 12.5 Å². The van der Waals surface area contributed by atoms with Crippen LogP contribution in [0.2, 0.25) is 0 Å². The molecule has 0 radical (unpaired) electrons. The van der Waals surface area contributed by atoms with Gasteiger partial charge in [-0.05, 0) is 13.3 Å². The lowest BCUT2D eigenvalue weighted by molar-refractivity contribution is -0.127.